The second kappa shape index (κ2) is 5.08. The summed E-state index contributed by atoms with van der Waals surface area (Å²) in [6.45, 7) is 5.14. The van der Waals surface area contributed by atoms with Crippen LogP contribution < -0.4 is 4.74 Å². The largest absolute Gasteiger partial charge is 0.491 e. The van der Waals surface area contributed by atoms with Crippen molar-refractivity contribution in [1.82, 2.24) is 9.55 Å². The molecule has 0 saturated heterocycles. The summed E-state index contributed by atoms with van der Waals surface area (Å²) in [5.74, 6) is 1.55. The summed E-state index contributed by atoms with van der Waals surface area (Å²) in [5.41, 5.74) is 2.76. The number of imidazole rings is 1. The first-order chi connectivity index (χ1) is 9.22. The Morgan fingerprint density at radius 1 is 1.26 bits per heavy atom. The molecule has 1 aromatic heterocycles. The molecule has 1 aliphatic rings. The molecule has 0 N–H and O–H groups in total. The zero-order valence-corrected chi connectivity index (χ0v) is 11.5. The molecule has 3 rings (SSSR count). The molecule has 3 nitrogen and oxygen atoms in total. The third-order valence-corrected chi connectivity index (χ3v) is 3.69. The van der Waals surface area contributed by atoms with Gasteiger partial charge in [-0.05, 0) is 44.4 Å². The molecule has 3 heteroatoms. The van der Waals surface area contributed by atoms with Crippen molar-refractivity contribution in [1.29, 1.82) is 0 Å². The molecule has 100 valence electrons. The third kappa shape index (κ3) is 2.65. The predicted octanol–water partition coefficient (Wildman–Crippen LogP) is 3.40. The summed E-state index contributed by atoms with van der Waals surface area (Å²) in [7, 11) is 0. The number of hydrogen-bond donors (Lipinski definition) is 0. The van der Waals surface area contributed by atoms with Gasteiger partial charge >= 0.3 is 0 Å². The molecule has 1 aliphatic heterocycles. The Bertz CT molecular complexity index is 542. The Hall–Kier alpha value is -1.77. The standard InChI is InChI=1S/C16H20N2O/c1-12(2)19-16-7-4-13(5-8-16)14-3-6-15-9-17-11-18(15)10-14/h4-5,7-9,11-12,14H,3,6,10H2,1-2H3. The van der Waals surface area contributed by atoms with E-state index in [9.17, 15) is 0 Å². The van der Waals surface area contributed by atoms with E-state index in [1.54, 1.807) is 0 Å². The molecule has 0 fully saturated rings. The predicted molar refractivity (Wildman–Crippen MR) is 75.5 cm³/mol. The van der Waals surface area contributed by atoms with Gasteiger partial charge in [0.2, 0.25) is 0 Å². The maximum atomic E-state index is 5.69. The highest BCUT2D eigenvalue weighted by Gasteiger charge is 2.19. The first kappa shape index (κ1) is 12.3. The summed E-state index contributed by atoms with van der Waals surface area (Å²) >= 11 is 0. The van der Waals surface area contributed by atoms with Crippen molar-refractivity contribution in [3.63, 3.8) is 0 Å². The minimum atomic E-state index is 0.231. The lowest BCUT2D eigenvalue weighted by molar-refractivity contribution is 0.242. The average Bonchev–Trinajstić information content (AvgIpc) is 2.86. The quantitative estimate of drug-likeness (QED) is 0.841. The second-order valence-corrected chi connectivity index (χ2v) is 5.51. The number of rotatable bonds is 3. The van der Waals surface area contributed by atoms with Crippen molar-refractivity contribution in [2.75, 3.05) is 0 Å². The summed E-state index contributed by atoms with van der Waals surface area (Å²) < 4.78 is 7.96. The van der Waals surface area contributed by atoms with Crippen LogP contribution >= 0.6 is 0 Å². The van der Waals surface area contributed by atoms with E-state index < -0.39 is 0 Å². The van der Waals surface area contributed by atoms with Crippen molar-refractivity contribution in [3.05, 3.63) is 48.0 Å². The van der Waals surface area contributed by atoms with Crippen LogP contribution in [0, 0.1) is 0 Å². The topological polar surface area (TPSA) is 27.1 Å². The van der Waals surface area contributed by atoms with Gasteiger partial charge in [-0.15, -0.1) is 0 Å². The Kier molecular flexibility index (Phi) is 3.28. The number of aromatic nitrogens is 2. The summed E-state index contributed by atoms with van der Waals surface area (Å²) in [6.07, 6.45) is 6.48. The molecular formula is C16H20N2O. The molecule has 1 atom stereocenters. The number of fused-ring (bicyclic) bond motifs is 1. The fourth-order valence-electron chi connectivity index (χ4n) is 2.73. The number of nitrogens with zero attached hydrogens (tertiary/aromatic N) is 2. The van der Waals surface area contributed by atoms with Crippen LogP contribution in [0.1, 0.15) is 37.4 Å². The maximum absolute atomic E-state index is 5.69. The molecule has 0 saturated carbocycles. The number of hydrogen-bond acceptors (Lipinski definition) is 2. The van der Waals surface area contributed by atoms with E-state index in [2.05, 4.69) is 47.7 Å². The van der Waals surface area contributed by atoms with Gasteiger partial charge in [-0.1, -0.05) is 12.1 Å². The zero-order chi connectivity index (χ0) is 13.2. The van der Waals surface area contributed by atoms with Gasteiger partial charge in [0.05, 0.1) is 12.4 Å². The van der Waals surface area contributed by atoms with E-state index >= 15 is 0 Å². The lowest BCUT2D eigenvalue weighted by Crippen LogP contribution is -2.17. The number of benzene rings is 1. The Morgan fingerprint density at radius 3 is 2.79 bits per heavy atom. The van der Waals surface area contributed by atoms with Gasteiger partial charge in [0, 0.05) is 24.4 Å². The van der Waals surface area contributed by atoms with Gasteiger partial charge in [-0.25, -0.2) is 4.98 Å². The van der Waals surface area contributed by atoms with Crippen LogP contribution in [0.5, 0.6) is 5.75 Å². The fourth-order valence-corrected chi connectivity index (χ4v) is 2.73. The highest BCUT2D eigenvalue weighted by Crippen LogP contribution is 2.29. The SMILES string of the molecule is CC(C)Oc1ccc(C2CCc3cncn3C2)cc1. The van der Waals surface area contributed by atoms with Crippen molar-refractivity contribution >= 4 is 0 Å². The van der Waals surface area contributed by atoms with Gasteiger partial charge in [0.1, 0.15) is 5.75 Å². The van der Waals surface area contributed by atoms with E-state index in [0.29, 0.717) is 5.92 Å². The maximum Gasteiger partial charge on any atom is 0.119 e. The van der Waals surface area contributed by atoms with Gasteiger partial charge in [0.15, 0.2) is 0 Å². The van der Waals surface area contributed by atoms with Crippen molar-refractivity contribution in [3.8, 4) is 5.75 Å². The summed E-state index contributed by atoms with van der Waals surface area (Å²) in [6, 6.07) is 8.56. The van der Waals surface area contributed by atoms with Crippen LogP contribution in [0.2, 0.25) is 0 Å². The third-order valence-electron chi connectivity index (χ3n) is 3.69. The Morgan fingerprint density at radius 2 is 2.05 bits per heavy atom. The molecule has 2 heterocycles. The molecular weight excluding hydrogens is 236 g/mol. The highest BCUT2D eigenvalue weighted by molar-refractivity contribution is 5.30. The van der Waals surface area contributed by atoms with Crippen LogP contribution in [0.3, 0.4) is 0 Å². The van der Waals surface area contributed by atoms with Crippen LogP contribution in [-0.4, -0.2) is 15.7 Å². The van der Waals surface area contributed by atoms with E-state index in [0.717, 1.165) is 18.7 Å². The van der Waals surface area contributed by atoms with Crippen LogP contribution in [0.25, 0.3) is 0 Å². The van der Waals surface area contributed by atoms with Crippen LogP contribution in [0.15, 0.2) is 36.8 Å². The molecule has 0 spiro atoms. The first-order valence-electron chi connectivity index (χ1n) is 6.98. The Labute approximate surface area is 114 Å². The molecule has 1 unspecified atom stereocenters. The van der Waals surface area contributed by atoms with Crippen molar-refractivity contribution < 1.29 is 4.74 Å². The molecule has 0 aliphatic carbocycles. The Balaban J connectivity index is 1.73. The number of ether oxygens (including phenoxy) is 1. The lowest BCUT2D eigenvalue weighted by Gasteiger charge is -2.24. The fraction of sp³-hybridized carbons (Fsp3) is 0.438. The molecule has 1 aromatic carbocycles. The smallest absolute Gasteiger partial charge is 0.119 e. The monoisotopic (exact) mass is 256 g/mol. The highest BCUT2D eigenvalue weighted by atomic mass is 16.5. The molecule has 2 aromatic rings. The van der Waals surface area contributed by atoms with Crippen molar-refractivity contribution in [2.45, 2.75) is 45.3 Å². The number of aryl methyl sites for hydroxylation is 1. The van der Waals surface area contributed by atoms with Crippen LogP contribution in [-0.2, 0) is 13.0 Å². The molecule has 0 bridgehead atoms. The van der Waals surface area contributed by atoms with Gasteiger partial charge in [-0.2, -0.15) is 0 Å². The summed E-state index contributed by atoms with van der Waals surface area (Å²) in [5, 5.41) is 0. The molecule has 19 heavy (non-hydrogen) atoms. The van der Waals surface area contributed by atoms with E-state index in [-0.39, 0.29) is 6.10 Å². The van der Waals surface area contributed by atoms with Gasteiger partial charge < -0.3 is 9.30 Å². The normalized spacial score (nSPS) is 18.4. The van der Waals surface area contributed by atoms with Crippen LogP contribution in [0.4, 0.5) is 0 Å². The molecule has 0 amide bonds. The minimum absolute atomic E-state index is 0.231. The average molecular weight is 256 g/mol. The lowest BCUT2D eigenvalue weighted by atomic mass is 9.91. The zero-order valence-electron chi connectivity index (χ0n) is 11.5. The van der Waals surface area contributed by atoms with E-state index in [1.165, 1.54) is 17.7 Å². The van der Waals surface area contributed by atoms with Gasteiger partial charge in [0.25, 0.3) is 0 Å². The first-order valence-corrected chi connectivity index (χ1v) is 6.98. The molecule has 0 radical (unpaired) electrons. The van der Waals surface area contributed by atoms with E-state index in [1.807, 2.05) is 12.5 Å². The van der Waals surface area contributed by atoms with Gasteiger partial charge in [-0.3, -0.25) is 0 Å². The van der Waals surface area contributed by atoms with E-state index in [4.69, 9.17) is 4.74 Å². The second-order valence-electron chi connectivity index (χ2n) is 5.51. The minimum Gasteiger partial charge on any atom is -0.491 e. The summed E-state index contributed by atoms with van der Waals surface area (Å²) in [4.78, 5) is 4.22. The van der Waals surface area contributed by atoms with Crippen molar-refractivity contribution in [2.24, 2.45) is 0 Å².